The lowest BCUT2D eigenvalue weighted by molar-refractivity contribution is -0.136. The first-order valence-electron chi connectivity index (χ1n) is 9.13. The van der Waals surface area contributed by atoms with Crippen molar-refractivity contribution < 1.29 is 32.6 Å². The van der Waals surface area contributed by atoms with Gasteiger partial charge in [-0.2, -0.15) is 8.78 Å². The van der Waals surface area contributed by atoms with E-state index in [9.17, 15) is 13.6 Å². The number of rotatable bonds is 10. The summed E-state index contributed by atoms with van der Waals surface area (Å²) in [5.74, 6) is -0.222. The van der Waals surface area contributed by atoms with E-state index in [0.29, 0.717) is 23.6 Å². The highest BCUT2D eigenvalue weighted by atomic mass is 19.3. The van der Waals surface area contributed by atoms with Crippen LogP contribution in [0.2, 0.25) is 0 Å². The Labute approximate surface area is 171 Å². The lowest BCUT2D eigenvalue weighted by Gasteiger charge is -2.25. The Morgan fingerprint density at radius 2 is 1.90 bits per heavy atom. The molecule has 0 aliphatic carbocycles. The molecule has 0 radical (unpaired) electrons. The van der Waals surface area contributed by atoms with E-state index in [0.717, 1.165) is 5.69 Å². The Bertz CT molecular complexity index is 962. The third kappa shape index (κ3) is 5.47. The van der Waals surface area contributed by atoms with Gasteiger partial charge in [-0.15, -0.1) is 0 Å². The summed E-state index contributed by atoms with van der Waals surface area (Å²) in [5, 5.41) is 8.96. The number of carboxylic acids is 1. The van der Waals surface area contributed by atoms with Gasteiger partial charge in [-0.3, -0.25) is 4.79 Å². The van der Waals surface area contributed by atoms with E-state index in [1.54, 1.807) is 49.5 Å². The standard InChI is InChI=1S/C21H20F2N2O5/c1-2-28-19-10-16(7-8-18(19)30-21(22)23)25(12-17-11-24-13-29-17)15-5-3-14(4-6-15)9-20(26)27/h3-8,10-11,13,21H,2,9,12H2,1H3,(H,26,27). The zero-order chi connectivity index (χ0) is 21.5. The highest BCUT2D eigenvalue weighted by Crippen LogP contribution is 2.36. The molecular formula is C21H20F2N2O5. The minimum atomic E-state index is -2.97. The van der Waals surface area contributed by atoms with E-state index in [2.05, 4.69) is 9.72 Å². The van der Waals surface area contributed by atoms with Crippen molar-refractivity contribution in [2.24, 2.45) is 0 Å². The van der Waals surface area contributed by atoms with Crippen LogP contribution >= 0.6 is 0 Å². The average Bonchev–Trinajstić information content (AvgIpc) is 3.21. The number of hydrogen-bond acceptors (Lipinski definition) is 6. The monoisotopic (exact) mass is 418 g/mol. The van der Waals surface area contributed by atoms with Crippen LogP contribution in [0.3, 0.4) is 0 Å². The predicted octanol–water partition coefficient (Wildman–Crippen LogP) is 4.64. The van der Waals surface area contributed by atoms with Crippen molar-refractivity contribution in [1.29, 1.82) is 0 Å². The van der Waals surface area contributed by atoms with Gasteiger partial charge < -0.3 is 23.9 Å². The lowest BCUT2D eigenvalue weighted by atomic mass is 10.1. The fraction of sp³-hybridized carbons (Fsp3) is 0.238. The number of aliphatic carboxylic acids is 1. The molecule has 158 valence electrons. The molecule has 0 bridgehead atoms. The van der Waals surface area contributed by atoms with Crippen LogP contribution in [0, 0.1) is 0 Å². The number of nitrogens with zero attached hydrogens (tertiary/aromatic N) is 2. The van der Waals surface area contributed by atoms with E-state index >= 15 is 0 Å². The van der Waals surface area contributed by atoms with Crippen molar-refractivity contribution in [3.63, 3.8) is 0 Å². The summed E-state index contributed by atoms with van der Waals surface area (Å²) in [5.41, 5.74) is 2.04. The number of carboxylic acid groups (broad SMARTS) is 1. The minimum Gasteiger partial charge on any atom is -0.490 e. The molecule has 0 fully saturated rings. The Kier molecular flexibility index (Phi) is 6.84. The Hall–Kier alpha value is -3.62. The molecular weight excluding hydrogens is 398 g/mol. The molecule has 1 N–H and O–H groups in total. The molecule has 0 unspecified atom stereocenters. The maximum absolute atomic E-state index is 12.7. The second kappa shape index (κ2) is 9.73. The molecule has 0 saturated carbocycles. The largest absolute Gasteiger partial charge is 0.490 e. The van der Waals surface area contributed by atoms with Crippen LogP contribution in [-0.2, 0) is 17.8 Å². The molecule has 0 amide bonds. The molecule has 3 aromatic rings. The minimum absolute atomic E-state index is 0.0629. The number of halogens is 2. The van der Waals surface area contributed by atoms with Gasteiger partial charge in [-0.05, 0) is 36.8 Å². The van der Waals surface area contributed by atoms with E-state index in [1.807, 2.05) is 4.90 Å². The number of ether oxygens (including phenoxy) is 2. The van der Waals surface area contributed by atoms with Crippen molar-refractivity contribution in [3.05, 3.63) is 66.4 Å². The fourth-order valence-corrected chi connectivity index (χ4v) is 2.90. The molecule has 1 heterocycles. The molecule has 0 spiro atoms. The topological polar surface area (TPSA) is 85.0 Å². The van der Waals surface area contributed by atoms with Gasteiger partial charge in [0.2, 0.25) is 0 Å². The molecule has 0 aliphatic heterocycles. The molecule has 0 atom stereocenters. The van der Waals surface area contributed by atoms with Gasteiger partial charge in [0.1, 0.15) is 5.76 Å². The van der Waals surface area contributed by atoms with Crippen LogP contribution in [-0.4, -0.2) is 29.3 Å². The molecule has 0 saturated heterocycles. The Morgan fingerprint density at radius 1 is 1.17 bits per heavy atom. The summed E-state index contributed by atoms with van der Waals surface area (Å²) in [4.78, 5) is 16.7. The van der Waals surface area contributed by atoms with Crippen LogP contribution in [0.15, 0.2) is 59.5 Å². The van der Waals surface area contributed by atoms with Gasteiger partial charge in [-0.25, -0.2) is 4.98 Å². The number of aromatic nitrogens is 1. The van der Waals surface area contributed by atoms with Crippen molar-refractivity contribution in [2.45, 2.75) is 26.5 Å². The van der Waals surface area contributed by atoms with E-state index in [1.165, 1.54) is 12.5 Å². The molecule has 30 heavy (non-hydrogen) atoms. The third-order valence-corrected chi connectivity index (χ3v) is 4.16. The number of benzene rings is 2. The van der Waals surface area contributed by atoms with Crippen LogP contribution in [0.1, 0.15) is 18.2 Å². The van der Waals surface area contributed by atoms with Gasteiger partial charge in [0, 0.05) is 17.4 Å². The number of hydrogen-bond donors (Lipinski definition) is 1. The van der Waals surface area contributed by atoms with E-state index < -0.39 is 12.6 Å². The first kappa shape index (κ1) is 21.1. The van der Waals surface area contributed by atoms with Crippen molar-refractivity contribution in [1.82, 2.24) is 4.98 Å². The van der Waals surface area contributed by atoms with Gasteiger partial charge in [-0.1, -0.05) is 12.1 Å². The van der Waals surface area contributed by atoms with Crippen LogP contribution in [0.25, 0.3) is 0 Å². The maximum Gasteiger partial charge on any atom is 0.387 e. The maximum atomic E-state index is 12.7. The summed E-state index contributed by atoms with van der Waals surface area (Å²) in [6, 6.07) is 11.6. The zero-order valence-corrected chi connectivity index (χ0v) is 16.1. The lowest BCUT2D eigenvalue weighted by Crippen LogP contribution is -2.16. The molecule has 2 aromatic carbocycles. The molecule has 9 heteroatoms. The summed E-state index contributed by atoms with van der Waals surface area (Å²) < 4.78 is 40.8. The summed E-state index contributed by atoms with van der Waals surface area (Å²) >= 11 is 0. The average molecular weight is 418 g/mol. The highest BCUT2D eigenvalue weighted by Gasteiger charge is 2.17. The van der Waals surface area contributed by atoms with Crippen molar-refractivity contribution in [2.75, 3.05) is 11.5 Å². The van der Waals surface area contributed by atoms with E-state index in [-0.39, 0.29) is 24.5 Å². The highest BCUT2D eigenvalue weighted by molar-refractivity contribution is 5.71. The number of alkyl halides is 2. The Morgan fingerprint density at radius 3 is 2.50 bits per heavy atom. The first-order chi connectivity index (χ1) is 14.5. The van der Waals surface area contributed by atoms with Gasteiger partial charge >= 0.3 is 12.6 Å². The SMILES string of the molecule is CCOc1cc(N(Cc2cnco2)c2ccc(CC(=O)O)cc2)ccc1OC(F)F. The van der Waals surface area contributed by atoms with Crippen LogP contribution in [0.5, 0.6) is 11.5 Å². The molecule has 1 aromatic heterocycles. The smallest absolute Gasteiger partial charge is 0.387 e. The number of carbonyl (C=O) groups is 1. The second-order valence-corrected chi connectivity index (χ2v) is 6.23. The molecule has 3 rings (SSSR count). The first-order valence-corrected chi connectivity index (χ1v) is 9.13. The predicted molar refractivity (Wildman–Crippen MR) is 104 cm³/mol. The summed E-state index contributed by atoms with van der Waals surface area (Å²) in [6.45, 7) is -0.651. The summed E-state index contributed by atoms with van der Waals surface area (Å²) in [7, 11) is 0. The van der Waals surface area contributed by atoms with Gasteiger partial charge in [0.25, 0.3) is 0 Å². The van der Waals surface area contributed by atoms with Crippen LogP contribution in [0.4, 0.5) is 20.2 Å². The van der Waals surface area contributed by atoms with E-state index in [4.69, 9.17) is 14.3 Å². The number of anilines is 2. The van der Waals surface area contributed by atoms with Gasteiger partial charge in [0.05, 0.1) is 25.8 Å². The normalized spacial score (nSPS) is 10.8. The van der Waals surface area contributed by atoms with Crippen molar-refractivity contribution in [3.8, 4) is 11.5 Å². The van der Waals surface area contributed by atoms with Crippen molar-refractivity contribution >= 4 is 17.3 Å². The Balaban J connectivity index is 1.97. The fourth-order valence-electron chi connectivity index (χ4n) is 2.90. The summed E-state index contributed by atoms with van der Waals surface area (Å²) in [6.07, 6.45) is 2.80. The van der Waals surface area contributed by atoms with Gasteiger partial charge in [0.15, 0.2) is 17.9 Å². The second-order valence-electron chi connectivity index (χ2n) is 6.23. The third-order valence-electron chi connectivity index (χ3n) is 4.16. The molecule has 0 aliphatic rings. The quantitative estimate of drug-likeness (QED) is 0.513. The van der Waals surface area contributed by atoms with Crippen LogP contribution < -0.4 is 14.4 Å². The number of oxazole rings is 1. The molecule has 7 nitrogen and oxygen atoms in total. The zero-order valence-electron chi connectivity index (χ0n) is 16.1.